The average Bonchev–Trinajstić information content (AvgIpc) is 2.40. The molecule has 0 aromatic heterocycles. The van der Waals surface area contributed by atoms with E-state index in [1.165, 1.54) is 19.3 Å². The van der Waals surface area contributed by atoms with Crippen LogP contribution in [0.25, 0.3) is 0 Å². The van der Waals surface area contributed by atoms with Crippen LogP contribution in [0.15, 0.2) is 29.4 Å². The Labute approximate surface area is 106 Å². The summed E-state index contributed by atoms with van der Waals surface area (Å²) in [5.41, 5.74) is 1.78. The number of nitrogens with zero attached hydrogens (tertiary/aromatic N) is 2. The number of amides is 1. The van der Waals surface area contributed by atoms with Crippen molar-refractivity contribution >= 4 is 23.5 Å². The molecule has 1 aromatic carbocycles. The molecule has 1 aliphatic heterocycles. The number of hydrogen-bond donors (Lipinski definition) is 2. The zero-order valence-electron chi connectivity index (χ0n) is 10.2. The van der Waals surface area contributed by atoms with E-state index in [9.17, 15) is 4.79 Å². The fraction of sp³-hybridized carbons (Fsp3) is 0.385. The van der Waals surface area contributed by atoms with Gasteiger partial charge in [0.25, 0.3) is 5.91 Å². The fourth-order valence-corrected chi connectivity index (χ4v) is 2.21. The van der Waals surface area contributed by atoms with Gasteiger partial charge in [-0.3, -0.25) is 4.79 Å². The molecule has 0 unspecified atom stereocenters. The van der Waals surface area contributed by atoms with E-state index in [2.05, 4.69) is 15.4 Å². The van der Waals surface area contributed by atoms with Gasteiger partial charge in [0, 0.05) is 13.1 Å². The quantitative estimate of drug-likeness (QED) is 0.488. The minimum atomic E-state index is -0.429. The molecular formula is C13H17N3O2. The van der Waals surface area contributed by atoms with Gasteiger partial charge in [-0.1, -0.05) is 17.3 Å². The number of carbonyl (C=O) groups is 1. The van der Waals surface area contributed by atoms with Crippen LogP contribution >= 0.6 is 0 Å². The number of piperidine rings is 1. The lowest BCUT2D eigenvalue weighted by molar-refractivity contribution is -0.110. The molecule has 0 atom stereocenters. The van der Waals surface area contributed by atoms with Crippen LogP contribution in [-0.2, 0) is 4.79 Å². The molecule has 5 heteroatoms. The first-order valence-electron chi connectivity index (χ1n) is 6.13. The second-order valence-corrected chi connectivity index (χ2v) is 4.30. The number of anilines is 2. The van der Waals surface area contributed by atoms with Crippen molar-refractivity contribution in [2.75, 3.05) is 23.3 Å². The molecule has 2 rings (SSSR count). The van der Waals surface area contributed by atoms with E-state index in [1.807, 2.05) is 24.3 Å². The summed E-state index contributed by atoms with van der Waals surface area (Å²) in [6.07, 6.45) is 4.48. The first kappa shape index (κ1) is 12.4. The minimum Gasteiger partial charge on any atom is -0.411 e. The van der Waals surface area contributed by atoms with Crippen LogP contribution in [0, 0.1) is 0 Å². The molecule has 1 heterocycles. The first-order chi connectivity index (χ1) is 8.81. The summed E-state index contributed by atoms with van der Waals surface area (Å²) in [5, 5.41) is 13.8. The second kappa shape index (κ2) is 6.05. The van der Waals surface area contributed by atoms with Gasteiger partial charge >= 0.3 is 0 Å². The third-order valence-electron chi connectivity index (χ3n) is 3.03. The van der Waals surface area contributed by atoms with E-state index < -0.39 is 5.91 Å². The predicted molar refractivity (Wildman–Crippen MR) is 71.4 cm³/mol. The highest BCUT2D eigenvalue weighted by Crippen LogP contribution is 2.27. The van der Waals surface area contributed by atoms with E-state index in [4.69, 9.17) is 5.21 Å². The Kier molecular flexibility index (Phi) is 4.17. The minimum absolute atomic E-state index is 0.429. The lowest BCUT2D eigenvalue weighted by atomic mass is 10.1. The van der Waals surface area contributed by atoms with Gasteiger partial charge in [-0.2, -0.15) is 0 Å². The van der Waals surface area contributed by atoms with Crippen LogP contribution in [0.3, 0.4) is 0 Å². The predicted octanol–water partition coefficient (Wildman–Crippen LogP) is 2.08. The number of rotatable bonds is 3. The summed E-state index contributed by atoms with van der Waals surface area (Å²) in [6, 6.07) is 7.68. The number of hydrogen-bond acceptors (Lipinski definition) is 4. The van der Waals surface area contributed by atoms with Gasteiger partial charge < -0.3 is 15.4 Å². The van der Waals surface area contributed by atoms with Gasteiger partial charge in [0.1, 0.15) is 6.21 Å². The van der Waals surface area contributed by atoms with Gasteiger partial charge in [0.15, 0.2) is 0 Å². The molecule has 5 nitrogen and oxygen atoms in total. The Morgan fingerprint density at radius 1 is 1.28 bits per heavy atom. The zero-order valence-corrected chi connectivity index (χ0v) is 10.2. The molecule has 18 heavy (non-hydrogen) atoms. The Morgan fingerprint density at radius 3 is 2.72 bits per heavy atom. The summed E-state index contributed by atoms with van der Waals surface area (Å²) in [4.78, 5) is 13.7. The van der Waals surface area contributed by atoms with E-state index in [1.54, 1.807) is 0 Å². The van der Waals surface area contributed by atoms with Crippen molar-refractivity contribution in [3.8, 4) is 0 Å². The van der Waals surface area contributed by atoms with Crippen LogP contribution in [-0.4, -0.2) is 30.4 Å². The largest absolute Gasteiger partial charge is 0.411 e. The number of carbonyl (C=O) groups excluding carboxylic acids is 1. The van der Waals surface area contributed by atoms with E-state index in [-0.39, 0.29) is 0 Å². The molecule has 0 aliphatic carbocycles. The van der Waals surface area contributed by atoms with Crippen LogP contribution < -0.4 is 10.2 Å². The molecule has 1 aromatic rings. The molecule has 0 bridgehead atoms. The molecule has 96 valence electrons. The van der Waals surface area contributed by atoms with E-state index >= 15 is 0 Å². The highest BCUT2D eigenvalue weighted by molar-refractivity contribution is 6.32. The lowest BCUT2D eigenvalue weighted by Gasteiger charge is -2.30. The monoisotopic (exact) mass is 247 g/mol. The Bertz CT molecular complexity index is 440. The van der Waals surface area contributed by atoms with Crippen LogP contribution in [0.4, 0.5) is 11.4 Å². The van der Waals surface area contributed by atoms with Gasteiger partial charge in [0.05, 0.1) is 11.4 Å². The zero-order chi connectivity index (χ0) is 12.8. The van der Waals surface area contributed by atoms with Crippen molar-refractivity contribution in [3.05, 3.63) is 24.3 Å². The molecule has 0 saturated carbocycles. The summed E-state index contributed by atoms with van der Waals surface area (Å²) >= 11 is 0. The molecule has 0 radical (unpaired) electrons. The Morgan fingerprint density at radius 2 is 2.00 bits per heavy atom. The number of para-hydroxylation sites is 2. The summed E-state index contributed by atoms with van der Waals surface area (Å²) in [6.45, 7) is 2.03. The van der Waals surface area contributed by atoms with Crippen LogP contribution in [0.2, 0.25) is 0 Å². The number of nitrogens with one attached hydrogen (secondary N) is 1. The number of benzene rings is 1. The number of oxime groups is 1. The molecule has 0 spiro atoms. The van der Waals surface area contributed by atoms with Crippen molar-refractivity contribution < 1.29 is 10.0 Å². The van der Waals surface area contributed by atoms with Crippen LogP contribution in [0.5, 0.6) is 0 Å². The summed E-state index contributed by atoms with van der Waals surface area (Å²) < 4.78 is 0. The average molecular weight is 247 g/mol. The lowest BCUT2D eigenvalue weighted by Crippen LogP contribution is -2.30. The highest BCUT2D eigenvalue weighted by Gasteiger charge is 2.14. The topological polar surface area (TPSA) is 64.9 Å². The van der Waals surface area contributed by atoms with Crippen molar-refractivity contribution in [1.82, 2.24) is 0 Å². The van der Waals surface area contributed by atoms with Gasteiger partial charge in [0.2, 0.25) is 0 Å². The van der Waals surface area contributed by atoms with Crippen molar-refractivity contribution in [3.63, 3.8) is 0 Å². The Hall–Kier alpha value is -2.04. The standard InChI is InChI=1S/C13H17N3O2/c17-13(10-14-18)15-11-6-2-3-7-12(11)16-8-4-1-5-9-16/h2-3,6-7,10,18H,1,4-5,8-9H2,(H,15,17)/b14-10+. The van der Waals surface area contributed by atoms with Gasteiger partial charge in [-0.15, -0.1) is 0 Å². The molecule has 1 saturated heterocycles. The van der Waals surface area contributed by atoms with Crippen molar-refractivity contribution in [2.24, 2.45) is 5.16 Å². The third kappa shape index (κ3) is 3.00. The highest BCUT2D eigenvalue weighted by atomic mass is 16.4. The normalized spacial score (nSPS) is 15.9. The summed E-state index contributed by atoms with van der Waals surface area (Å²) in [7, 11) is 0. The maximum absolute atomic E-state index is 11.4. The molecule has 2 N–H and O–H groups in total. The van der Waals surface area contributed by atoms with Gasteiger partial charge in [-0.05, 0) is 31.4 Å². The van der Waals surface area contributed by atoms with E-state index in [0.29, 0.717) is 0 Å². The molecule has 1 aliphatic rings. The third-order valence-corrected chi connectivity index (χ3v) is 3.03. The SMILES string of the molecule is O=C(/C=N/O)Nc1ccccc1N1CCCCC1. The van der Waals surface area contributed by atoms with Crippen LogP contribution in [0.1, 0.15) is 19.3 Å². The smallest absolute Gasteiger partial charge is 0.270 e. The summed E-state index contributed by atoms with van der Waals surface area (Å²) in [5.74, 6) is -0.429. The van der Waals surface area contributed by atoms with Crippen molar-refractivity contribution in [1.29, 1.82) is 0 Å². The second-order valence-electron chi connectivity index (χ2n) is 4.30. The van der Waals surface area contributed by atoms with Crippen molar-refractivity contribution in [2.45, 2.75) is 19.3 Å². The first-order valence-corrected chi connectivity index (χ1v) is 6.13. The van der Waals surface area contributed by atoms with Gasteiger partial charge in [-0.25, -0.2) is 0 Å². The molecule has 1 amide bonds. The maximum Gasteiger partial charge on any atom is 0.270 e. The molecular weight excluding hydrogens is 230 g/mol. The van der Waals surface area contributed by atoms with E-state index in [0.717, 1.165) is 30.7 Å². The molecule has 1 fully saturated rings. The maximum atomic E-state index is 11.4. The Balaban J connectivity index is 2.16. The fourth-order valence-electron chi connectivity index (χ4n) is 2.21.